The van der Waals surface area contributed by atoms with Crippen LogP contribution in [0, 0.1) is 0 Å². The molecule has 1 aliphatic rings. The molecule has 1 fully saturated rings. The molecule has 1 saturated heterocycles. The van der Waals surface area contributed by atoms with Gasteiger partial charge in [0.15, 0.2) is 0 Å². The Hall–Kier alpha value is -2.14. The number of fused-ring (bicyclic) bond motifs is 1. The predicted octanol–water partition coefficient (Wildman–Crippen LogP) is 2.22. The molecule has 0 saturated carbocycles. The fourth-order valence-electron chi connectivity index (χ4n) is 2.54. The van der Waals surface area contributed by atoms with Gasteiger partial charge in [-0.25, -0.2) is 4.79 Å². The smallest absolute Gasteiger partial charge is 0.321 e. The predicted molar refractivity (Wildman–Crippen MR) is 77.6 cm³/mol. The maximum Gasteiger partial charge on any atom is 0.321 e. The first-order valence-corrected chi connectivity index (χ1v) is 6.82. The van der Waals surface area contributed by atoms with Crippen LogP contribution in [-0.4, -0.2) is 40.2 Å². The number of aromatic nitrogens is 1. The second-order valence-electron chi connectivity index (χ2n) is 5.05. The SMILES string of the molecule is O=C(Nc1cccc2cccnc12)N1CCC[C@H](O)C1. The second-order valence-corrected chi connectivity index (χ2v) is 5.05. The number of amides is 2. The van der Waals surface area contributed by atoms with Crippen LogP contribution in [0.3, 0.4) is 0 Å². The lowest BCUT2D eigenvalue weighted by atomic mass is 10.1. The van der Waals surface area contributed by atoms with Gasteiger partial charge in [-0.3, -0.25) is 4.98 Å². The summed E-state index contributed by atoms with van der Waals surface area (Å²) in [6, 6.07) is 9.35. The first kappa shape index (κ1) is 12.9. The highest BCUT2D eigenvalue weighted by Crippen LogP contribution is 2.21. The van der Waals surface area contributed by atoms with Crippen LogP contribution < -0.4 is 5.32 Å². The van der Waals surface area contributed by atoms with Gasteiger partial charge in [0.2, 0.25) is 0 Å². The molecule has 2 amide bonds. The number of aliphatic hydroxyl groups excluding tert-OH is 1. The van der Waals surface area contributed by atoms with Crippen LogP contribution in [-0.2, 0) is 0 Å². The van der Waals surface area contributed by atoms with Crippen molar-refractivity contribution in [2.45, 2.75) is 18.9 Å². The lowest BCUT2D eigenvalue weighted by molar-refractivity contribution is 0.0883. The molecule has 2 N–H and O–H groups in total. The Bertz CT molecular complexity index is 624. The van der Waals surface area contributed by atoms with Crippen molar-refractivity contribution in [3.8, 4) is 0 Å². The lowest BCUT2D eigenvalue weighted by Crippen LogP contribution is -2.44. The second kappa shape index (κ2) is 5.46. The number of nitrogens with one attached hydrogen (secondary N) is 1. The molecule has 20 heavy (non-hydrogen) atoms. The summed E-state index contributed by atoms with van der Waals surface area (Å²) in [5.74, 6) is 0. The van der Waals surface area contributed by atoms with Crippen LogP contribution in [0.1, 0.15) is 12.8 Å². The van der Waals surface area contributed by atoms with Gasteiger partial charge < -0.3 is 15.3 Å². The Balaban J connectivity index is 1.80. The molecule has 0 aliphatic carbocycles. The lowest BCUT2D eigenvalue weighted by Gasteiger charge is -2.30. The molecular formula is C15H17N3O2. The van der Waals surface area contributed by atoms with Crippen LogP contribution in [0.4, 0.5) is 10.5 Å². The molecule has 104 valence electrons. The third kappa shape index (κ3) is 2.58. The number of nitrogens with zero attached hydrogens (tertiary/aromatic N) is 2. The number of hydrogen-bond donors (Lipinski definition) is 2. The summed E-state index contributed by atoms with van der Waals surface area (Å²) < 4.78 is 0. The van der Waals surface area contributed by atoms with Gasteiger partial charge in [0.25, 0.3) is 0 Å². The van der Waals surface area contributed by atoms with Crippen LogP contribution in [0.15, 0.2) is 36.5 Å². The number of β-amino-alcohol motifs (C(OH)–C–C–N with tert-alkyl or cyclic N) is 1. The number of likely N-dealkylation sites (tertiary alicyclic amines) is 1. The molecule has 0 bridgehead atoms. The zero-order chi connectivity index (χ0) is 13.9. The number of pyridine rings is 1. The average Bonchev–Trinajstić information content (AvgIpc) is 2.47. The van der Waals surface area contributed by atoms with Crippen molar-refractivity contribution < 1.29 is 9.90 Å². The van der Waals surface area contributed by atoms with E-state index in [4.69, 9.17) is 0 Å². The van der Waals surface area contributed by atoms with Crippen molar-refractivity contribution in [3.63, 3.8) is 0 Å². The van der Waals surface area contributed by atoms with Crippen molar-refractivity contribution in [1.82, 2.24) is 9.88 Å². The standard InChI is InChI=1S/C15H17N3O2/c19-12-6-3-9-18(10-12)15(20)17-13-7-1-4-11-5-2-8-16-14(11)13/h1-2,4-5,7-8,12,19H,3,6,9-10H2,(H,17,20)/t12-/m0/s1. The minimum absolute atomic E-state index is 0.179. The number of carbonyl (C=O) groups excluding carboxylic acids is 1. The number of rotatable bonds is 1. The van der Waals surface area contributed by atoms with Crippen molar-refractivity contribution >= 4 is 22.6 Å². The molecule has 2 aromatic rings. The van der Waals surface area contributed by atoms with Crippen molar-refractivity contribution in [3.05, 3.63) is 36.5 Å². The summed E-state index contributed by atoms with van der Waals surface area (Å²) in [6.45, 7) is 1.07. The fraction of sp³-hybridized carbons (Fsp3) is 0.333. The highest BCUT2D eigenvalue weighted by atomic mass is 16.3. The highest BCUT2D eigenvalue weighted by molar-refractivity contribution is 5.99. The molecule has 1 atom stereocenters. The number of anilines is 1. The van der Waals surface area contributed by atoms with E-state index in [1.807, 2.05) is 30.3 Å². The number of urea groups is 1. The number of para-hydroxylation sites is 1. The number of aliphatic hydroxyl groups is 1. The van der Waals surface area contributed by atoms with Crippen molar-refractivity contribution in [2.24, 2.45) is 0 Å². The first-order chi connectivity index (χ1) is 9.74. The summed E-state index contributed by atoms with van der Waals surface area (Å²) in [7, 11) is 0. The summed E-state index contributed by atoms with van der Waals surface area (Å²) in [5.41, 5.74) is 1.48. The maximum absolute atomic E-state index is 12.2. The van der Waals surface area contributed by atoms with E-state index in [-0.39, 0.29) is 6.03 Å². The van der Waals surface area contributed by atoms with Gasteiger partial charge in [-0.15, -0.1) is 0 Å². The van der Waals surface area contributed by atoms with Crippen LogP contribution in [0.5, 0.6) is 0 Å². The Morgan fingerprint density at radius 2 is 2.20 bits per heavy atom. The quantitative estimate of drug-likeness (QED) is 0.836. The number of hydrogen-bond acceptors (Lipinski definition) is 3. The van der Waals surface area contributed by atoms with E-state index >= 15 is 0 Å². The Labute approximate surface area is 117 Å². The van der Waals surface area contributed by atoms with Crippen molar-refractivity contribution in [1.29, 1.82) is 0 Å². The minimum Gasteiger partial charge on any atom is -0.391 e. The fourth-order valence-corrected chi connectivity index (χ4v) is 2.54. The van der Waals surface area contributed by atoms with E-state index in [9.17, 15) is 9.90 Å². The number of benzene rings is 1. The Morgan fingerprint density at radius 3 is 3.05 bits per heavy atom. The molecule has 0 unspecified atom stereocenters. The zero-order valence-electron chi connectivity index (χ0n) is 11.1. The minimum atomic E-state index is -0.417. The first-order valence-electron chi connectivity index (χ1n) is 6.82. The summed E-state index contributed by atoms with van der Waals surface area (Å²) >= 11 is 0. The maximum atomic E-state index is 12.2. The van der Waals surface area contributed by atoms with Crippen molar-refractivity contribution in [2.75, 3.05) is 18.4 Å². The molecule has 5 heteroatoms. The average molecular weight is 271 g/mol. The molecule has 1 aromatic carbocycles. The van der Waals surface area contributed by atoms with E-state index < -0.39 is 6.10 Å². The van der Waals surface area contributed by atoms with Gasteiger partial charge in [0.1, 0.15) is 0 Å². The van der Waals surface area contributed by atoms with Gasteiger partial charge in [0.05, 0.1) is 17.3 Å². The molecule has 5 nitrogen and oxygen atoms in total. The molecule has 1 aromatic heterocycles. The highest BCUT2D eigenvalue weighted by Gasteiger charge is 2.22. The van der Waals surface area contributed by atoms with Gasteiger partial charge in [-0.05, 0) is 25.0 Å². The van der Waals surface area contributed by atoms with Crippen LogP contribution in [0.25, 0.3) is 10.9 Å². The summed E-state index contributed by atoms with van der Waals surface area (Å²) in [6.07, 6.45) is 2.89. The van der Waals surface area contributed by atoms with E-state index in [1.54, 1.807) is 11.1 Å². The molecule has 0 spiro atoms. The molecule has 1 aliphatic heterocycles. The normalized spacial score (nSPS) is 19.1. The number of carbonyl (C=O) groups is 1. The molecule has 3 rings (SSSR count). The van der Waals surface area contributed by atoms with E-state index in [1.165, 1.54) is 0 Å². The van der Waals surface area contributed by atoms with E-state index in [2.05, 4.69) is 10.3 Å². The van der Waals surface area contributed by atoms with Gasteiger partial charge in [-0.1, -0.05) is 18.2 Å². The zero-order valence-corrected chi connectivity index (χ0v) is 11.1. The largest absolute Gasteiger partial charge is 0.391 e. The van der Waals surface area contributed by atoms with Crippen LogP contribution >= 0.6 is 0 Å². The van der Waals surface area contributed by atoms with E-state index in [0.29, 0.717) is 18.8 Å². The third-order valence-electron chi connectivity index (χ3n) is 3.56. The Morgan fingerprint density at radius 1 is 1.35 bits per heavy atom. The molecular weight excluding hydrogens is 254 g/mol. The molecule has 0 radical (unpaired) electrons. The van der Waals surface area contributed by atoms with Crippen LogP contribution in [0.2, 0.25) is 0 Å². The summed E-state index contributed by atoms with van der Waals surface area (Å²) in [5, 5.41) is 13.5. The monoisotopic (exact) mass is 271 g/mol. The van der Waals surface area contributed by atoms with Gasteiger partial charge in [0, 0.05) is 24.7 Å². The van der Waals surface area contributed by atoms with E-state index in [0.717, 1.165) is 23.7 Å². The van der Waals surface area contributed by atoms with Gasteiger partial charge >= 0.3 is 6.03 Å². The number of piperidine rings is 1. The molecule has 2 heterocycles. The summed E-state index contributed by atoms with van der Waals surface area (Å²) in [4.78, 5) is 18.2. The topological polar surface area (TPSA) is 65.5 Å². The van der Waals surface area contributed by atoms with Gasteiger partial charge in [-0.2, -0.15) is 0 Å². The third-order valence-corrected chi connectivity index (χ3v) is 3.56. The Kier molecular flexibility index (Phi) is 3.52.